The van der Waals surface area contributed by atoms with Crippen LogP contribution in [0.2, 0.25) is 0 Å². The van der Waals surface area contributed by atoms with Gasteiger partial charge >= 0.3 is 0 Å². The zero-order chi connectivity index (χ0) is 19.1. The minimum Gasteiger partial charge on any atom is -0.497 e. The van der Waals surface area contributed by atoms with Crippen LogP contribution in [0.3, 0.4) is 0 Å². The van der Waals surface area contributed by atoms with Gasteiger partial charge in [-0.1, -0.05) is 6.07 Å². The molecule has 3 rings (SSSR count). The van der Waals surface area contributed by atoms with Crippen LogP contribution in [-0.4, -0.2) is 52.6 Å². The van der Waals surface area contributed by atoms with Crippen LogP contribution in [0.1, 0.15) is 15.9 Å². The van der Waals surface area contributed by atoms with Gasteiger partial charge in [-0.25, -0.2) is 5.43 Å². The Morgan fingerprint density at radius 2 is 1.96 bits per heavy atom. The van der Waals surface area contributed by atoms with Crippen LogP contribution in [0.5, 0.6) is 11.5 Å². The van der Waals surface area contributed by atoms with E-state index in [4.69, 9.17) is 14.2 Å². The first-order valence-electron chi connectivity index (χ1n) is 8.69. The summed E-state index contributed by atoms with van der Waals surface area (Å²) >= 11 is 0. The molecule has 1 saturated heterocycles. The van der Waals surface area contributed by atoms with Crippen molar-refractivity contribution in [2.75, 3.05) is 45.4 Å². The molecular weight excluding hydrogens is 346 g/mol. The topological polar surface area (TPSA) is 72.4 Å². The van der Waals surface area contributed by atoms with Gasteiger partial charge in [-0.15, -0.1) is 0 Å². The normalized spacial score (nSPS) is 14.2. The average Bonchev–Trinajstić information content (AvgIpc) is 2.74. The van der Waals surface area contributed by atoms with Crippen molar-refractivity contribution < 1.29 is 19.0 Å². The third-order valence-electron chi connectivity index (χ3n) is 4.29. The lowest BCUT2D eigenvalue weighted by atomic mass is 10.1. The highest BCUT2D eigenvalue weighted by Crippen LogP contribution is 2.25. The summed E-state index contributed by atoms with van der Waals surface area (Å²) in [5, 5.41) is 4.05. The molecule has 1 aliphatic heterocycles. The van der Waals surface area contributed by atoms with Gasteiger partial charge < -0.3 is 19.1 Å². The third kappa shape index (κ3) is 4.77. The molecule has 1 amide bonds. The highest BCUT2D eigenvalue weighted by atomic mass is 16.5. The molecule has 1 aliphatic rings. The van der Waals surface area contributed by atoms with Crippen molar-refractivity contribution in [3.63, 3.8) is 0 Å². The Balaban J connectivity index is 1.67. The second-order valence-electron chi connectivity index (χ2n) is 5.96. The standard InChI is InChI=1S/C20H23N3O4/c1-25-18-5-3-4-15(12-18)20(24)22-21-14-16-6-7-17(13-19(16)26-2)23-8-10-27-11-9-23/h3-7,12-14H,8-11H2,1-2H3,(H,22,24)/b21-14-. The number of nitrogens with one attached hydrogen (secondary N) is 1. The van der Waals surface area contributed by atoms with Gasteiger partial charge in [0.05, 0.1) is 33.6 Å². The van der Waals surface area contributed by atoms with Gasteiger partial charge in [0.15, 0.2) is 0 Å². The van der Waals surface area contributed by atoms with Gasteiger partial charge in [0.1, 0.15) is 11.5 Å². The van der Waals surface area contributed by atoms with Gasteiger partial charge in [0.2, 0.25) is 0 Å². The number of benzene rings is 2. The van der Waals surface area contributed by atoms with Crippen LogP contribution in [0, 0.1) is 0 Å². The zero-order valence-corrected chi connectivity index (χ0v) is 15.5. The summed E-state index contributed by atoms with van der Waals surface area (Å²) < 4.78 is 16.0. The zero-order valence-electron chi connectivity index (χ0n) is 15.5. The van der Waals surface area contributed by atoms with Crippen molar-refractivity contribution in [2.24, 2.45) is 5.10 Å². The number of ether oxygens (including phenoxy) is 3. The summed E-state index contributed by atoms with van der Waals surface area (Å²) in [6.45, 7) is 3.16. The number of methoxy groups -OCH3 is 2. The first kappa shape index (κ1) is 18.7. The van der Waals surface area contributed by atoms with E-state index in [2.05, 4.69) is 15.4 Å². The number of amides is 1. The third-order valence-corrected chi connectivity index (χ3v) is 4.29. The summed E-state index contributed by atoms with van der Waals surface area (Å²) in [7, 11) is 3.17. The first-order chi connectivity index (χ1) is 13.2. The monoisotopic (exact) mass is 369 g/mol. The van der Waals surface area contributed by atoms with E-state index in [1.165, 1.54) is 0 Å². The fraction of sp³-hybridized carbons (Fsp3) is 0.300. The minimum atomic E-state index is -0.311. The lowest BCUT2D eigenvalue weighted by Gasteiger charge is -2.29. The summed E-state index contributed by atoms with van der Waals surface area (Å²) in [5.74, 6) is 0.999. The Bertz CT molecular complexity index is 817. The molecule has 1 N–H and O–H groups in total. The molecule has 27 heavy (non-hydrogen) atoms. The molecule has 0 spiro atoms. The second kappa shape index (κ2) is 9.05. The minimum absolute atomic E-state index is 0.311. The molecule has 0 aromatic heterocycles. The van der Waals surface area contributed by atoms with E-state index < -0.39 is 0 Å². The Morgan fingerprint density at radius 3 is 2.70 bits per heavy atom. The van der Waals surface area contributed by atoms with Crippen LogP contribution < -0.4 is 19.8 Å². The molecule has 0 unspecified atom stereocenters. The van der Waals surface area contributed by atoms with E-state index in [9.17, 15) is 4.79 Å². The van der Waals surface area contributed by atoms with E-state index in [0.717, 1.165) is 37.6 Å². The number of nitrogens with zero attached hydrogens (tertiary/aromatic N) is 2. The molecule has 0 bridgehead atoms. The number of anilines is 1. The molecule has 2 aromatic carbocycles. The quantitative estimate of drug-likeness (QED) is 0.625. The van der Waals surface area contributed by atoms with Crippen molar-refractivity contribution in [1.29, 1.82) is 0 Å². The van der Waals surface area contributed by atoms with Crippen molar-refractivity contribution in [1.82, 2.24) is 5.43 Å². The SMILES string of the molecule is COc1cccc(C(=O)N/N=C\c2ccc(N3CCOCC3)cc2OC)c1. The Hall–Kier alpha value is -3.06. The maximum absolute atomic E-state index is 12.2. The molecule has 1 heterocycles. The Morgan fingerprint density at radius 1 is 1.15 bits per heavy atom. The summed E-state index contributed by atoms with van der Waals surface area (Å²) in [6.07, 6.45) is 1.57. The largest absolute Gasteiger partial charge is 0.497 e. The predicted octanol–water partition coefficient (Wildman–Crippen LogP) is 2.30. The Labute approximate surface area is 158 Å². The van der Waals surface area contributed by atoms with Crippen LogP contribution in [0.25, 0.3) is 0 Å². The fourth-order valence-electron chi connectivity index (χ4n) is 2.81. The molecule has 2 aromatic rings. The van der Waals surface area contributed by atoms with Gasteiger partial charge in [-0.3, -0.25) is 4.79 Å². The van der Waals surface area contributed by atoms with E-state index in [0.29, 0.717) is 17.1 Å². The van der Waals surface area contributed by atoms with E-state index >= 15 is 0 Å². The highest BCUT2D eigenvalue weighted by molar-refractivity contribution is 5.95. The molecule has 0 atom stereocenters. The maximum Gasteiger partial charge on any atom is 0.271 e. The van der Waals surface area contributed by atoms with Gasteiger partial charge in [-0.2, -0.15) is 5.10 Å². The predicted molar refractivity (Wildman–Crippen MR) is 104 cm³/mol. The molecule has 0 radical (unpaired) electrons. The molecule has 0 aliphatic carbocycles. The van der Waals surface area contributed by atoms with Gasteiger partial charge in [-0.05, 0) is 30.3 Å². The highest BCUT2D eigenvalue weighted by Gasteiger charge is 2.13. The number of carbonyl (C=O) groups is 1. The molecule has 7 nitrogen and oxygen atoms in total. The van der Waals surface area contributed by atoms with Crippen molar-refractivity contribution in [2.45, 2.75) is 0 Å². The lowest BCUT2D eigenvalue weighted by molar-refractivity contribution is 0.0954. The number of morpholine rings is 1. The summed E-state index contributed by atoms with van der Waals surface area (Å²) in [4.78, 5) is 14.4. The Kier molecular flexibility index (Phi) is 6.27. The average molecular weight is 369 g/mol. The number of hydrogen-bond acceptors (Lipinski definition) is 6. The molecule has 7 heteroatoms. The maximum atomic E-state index is 12.2. The van der Waals surface area contributed by atoms with E-state index in [1.807, 2.05) is 18.2 Å². The fourth-order valence-corrected chi connectivity index (χ4v) is 2.81. The molecule has 0 saturated carbocycles. The molecule has 1 fully saturated rings. The summed E-state index contributed by atoms with van der Waals surface area (Å²) in [6, 6.07) is 12.8. The number of carbonyl (C=O) groups excluding carboxylic acids is 1. The second-order valence-corrected chi connectivity index (χ2v) is 5.96. The lowest BCUT2D eigenvalue weighted by Crippen LogP contribution is -2.36. The van der Waals surface area contributed by atoms with Crippen LogP contribution >= 0.6 is 0 Å². The number of rotatable bonds is 6. The van der Waals surface area contributed by atoms with Crippen LogP contribution in [0.15, 0.2) is 47.6 Å². The number of hydrazone groups is 1. The smallest absolute Gasteiger partial charge is 0.271 e. The number of hydrogen-bond donors (Lipinski definition) is 1. The molecular formula is C20H23N3O4. The van der Waals surface area contributed by atoms with Gasteiger partial charge in [0, 0.05) is 36.0 Å². The van der Waals surface area contributed by atoms with Gasteiger partial charge in [0.25, 0.3) is 5.91 Å². The first-order valence-corrected chi connectivity index (χ1v) is 8.69. The van der Waals surface area contributed by atoms with Crippen molar-refractivity contribution >= 4 is 17.8 Å². The van der Waals surface area contributed by atoms with Crippen molar-refractivity contribution in [3.05, 3.63) is 53.6 Å². The van der Waals surface area contributed by atoms with Crippen LogP contribution in [-0.2, 0) is 4.74 Å². The van der Waals surface area contributed by atoms with Crippen LogP contribution in [0.4, 0.5) is 5.69 Å². The van der Waals surface area contributed by atoms with E-state index in [-0.39, 0.29) is 5.91 Å². The van der Waals surface area contributed by atoms with Crippen molar-refractivity contribution in [3.8, 4) is 11.5 Å². The summed E-state index contributed by atoms with van der Waals surface area (Å²) in [5.41, 5.74) is 4.85. The molecule has 142 valence electrons. The van der Waals surface area contributed by atoms with E-state index in [1.54, 1.807) is 44.7 Å².